The molecule has 0 radical (unpaired) electrons. The molecule has 0 fully saturated rings. The summed E-state index contributed by atoms with van der Waals surface area (Å²) < 4.78 is 8.81. The zero-order chi connectivity index (χ0) is 32.2. The van der Waals surface area contributed by atoms with Crippen molar-refractivity contribution < 1.29 is 4.74 Å². The molecule has 9 rings (SSSR count). The van der Waals surface area contributed by atoms with Crippen molar-refractivity contribution in [1.82, 2.24) is 19.5 Å². The topological polar surface area (TPSA) is 56.1 Å². The molecule has 2 aromatic heterocycles. The van der Waals surface area contributed by atoms with Gasteiger partial charge in [-0.2, -0.15) is 0 Å². The highest BCUT2D eigenvalue weighted by atomic mass is 16.5. The van der Waals surface area contributed by atoms with E-state index in [2.05, 4.69) is 161 Å². The monoisotopic (exact) mass is 621 g/mol. The molecule has 1 aliphatic heterocycles. The number of anilines is 3. The van der Waals surface area contributed by atoms with E-state index in [1.807, 2.05) is 17.0 Å². The fraction of sp³-hybridized carbons (Fsp3) is 0.0714. The Hall–Kier alpha value is -6.27. The summed E-state index contributed by atoms with van der Waals surface area (Å²) in [4.78, 5) is 15.2. The van der Waals surface area contributed by atoms with Crippen molar-refractivity contribution in [2.24, 2.45) is 0 Å². The number of rotatable bonds is 5. The highest BCUT2D eigenvalue weighted by Gasteiger charge is 2.34. The number of nitrogens with zero attached hydrogens (tertiary/aromatic N) is 5. The largest absolute Gasteiger partial charge is 0.457 e. The maximum Gasteiger partial charge on any atom is 0.237 e. The Morgan fingerprint density at radius 2 is 1.23 bits per heavy atom. The maximum atomic E-state index is 6.47. The molecule has 6 nitrogen and oxygen atoms in total. The second-order valence-corrected chi connectivity index (χ2v) is 12.6. The van der Waals surface area contributed by atoms with Crippen LogP contribution in [0.15, 0.2) is 152 Å². The number of aromatic nitrogens is 4. The van der Waals surface area contributed by atoms with Gasteiger partial charge in [0.25, 0.3) is 0 Å². The summed E-state index contributed by atoms with van der Waals surface area (Å²) in [5, 5.41) is 2.46. The Bertz CT molecular complexity index is 2450. The zero-order valence-electron chi connectivity index (χ0n) is 26.6. The summed E-state index contributed by atoms with van der Waals surface area (Å²) in [7, 11) is 0. The number of benzene rings is 6. The van der Waals surface area contributed by atoms with Gasteiger partial charge in [0.05, 0.1) is 16.7 Å². The van der Waals surface area contributed by atoms with Crippen LogP contribution in [0.3, 0.4) is 0 Å². The Labute approximate surface area is 278 Å². The summed E-state index contributed by atoms with van der Waals surface area (Å²) in [5.74, 6) is 2.24. The highest BCUT2D eigenvalue weighted by molar-refractivity contribution is 6.10. The molecule has 0 atom stereocenters. The van der Waals surface area contributed by atoms with Crippen molar-refractivity contribution in [3.8, 4) is 28.3 Å². The van der Waals surface area contributed by atoms with Gasteiger partial charge in [-0.1, -0.05) is 92.7 Å². The standard InChI is InChI=1S/C42H31N5O/c1-42(2)35-13-7-9-15-39(35)48-40-25-32(21-22-36(40)42)46(41-44-26-43-27-45-41)31-19-16-28(17-20-31)29-18-23-38-34(24-29)33-12-6-8-14-37(33)47(38)30-10-4-3-5-11-30/h3-27H,1-2H3. The predicted molar refractivity (Wildman–Crippen MR) is 193 cm³/mol. The Morgan fingerprint density at radius 3 is 2.06 bits per heavy atom. The van der Waals surface area contributed by atoms with Crippen LogP contribution in [0.25, 0.3) is 38.6 Å². The molecule has 0 aliphatic carbocycles. The normalized spacial score (nSPS) is 13.1. The minimum atomic E-state index is -0.198. The number of hydrogen-bond acceptors (Lipinski definition) is 5. The van der Waals surface area contributed by atoms with Crippen LogP contribution in [0.5, 0.6) is 11.5 Å². The van der Waals surface area contributed by atoms with E-state index in [1.165, 1.54) is 40.0 Å². The van der Waals surface area contributed by atoms with Crippen molar-refractivity contribution in [3.63, 3.8) is 0 Å². The summed E-state index contributed by atoms with van der Waals surface area (Å²) in [5.41, 5.74) is 9.76. The third-order valence-corrected chi connectivity index (χ3v) is 9.50. The first-order chi connectivity index (χ1) is 23.6. The average Bonchev–Trinajstić information content (AvgIpc) is 3.47. The first-order valence-corrected chi connectivity index (χ1v) is 16.1. The number of para-hydroxylation sites is 3. The van der Waals surface area contributed by atoms with Crippen LogP contribution in [0, 0.1) is 0 Å². The van der Waals surface area contributed by atoms with Crippen LogP contribution < -0.4 is 9.64 Å². The zero-order valence-corrected chi connectivity index (χ0v) is 26.6. The lowest BCUT2D eigenvalue weighted by atomic mass is 9.76. The van der Waals surface area contributed by atoms with E-state index in [0.717, 1.165) is 45.3 Å². The Balaban J connectivity index is 1.12. The number of ether oxygens (including phenoxy) is 1. The molecular weight excluding hydrogens is 590 g/mol. The lowest BCUT2D eigenvalue weighted by Gasteiger charge is -2.35. The molecule has 3 heterocycles. The third kappa shape index (κ3) is 4.45. The first-order valence-electron chi connectivity index (χ1n) is 16.1. The molecule has 230 valence electrons. The van der Waals surface area contributed by atoms with Crippen LogP contribution in [0.4, 0.5) is 17.3 Å². The fourth-order valence-corrected chi connectivity index (χ4v) is 7.13. The van der Waals surface area contributed by atoms with Gasteiger partial charge in [0, 0.05) is 44.8 Å². The van der Waals surface area contributed by atoms with Gasteiger partial charge in [-0.05, 0) is 65.7 Å². The smallest absolute Gasteiger partial charge is 0.237 e. The van der Waals surface area contributed by atoms with Gasteiger partial charge in [0.15, 0.2) is 0 Å². The SMILES string of the molecule is CC1(C)c2ccccc2Oc2cc(N(c3ccc(-c4ccc5c(c4)c4ccccc4n5-c4ccccc4)cc3)c3ncncn3)ccc21. The molecule has 0 N–H and O–H groups in total. The second-order valence-electron chi connectivity index (χ2n) is 12.6. The molecule has 0 saturated carbocycles. The first kappa shape index (κ1) is 28.0. The van der Waals surface area contributed by atoms with Crippen molar-refractivity contribution in [3.05, 3.63) is 163 Å². The van der Waals surface area contributed by atoms with Gasteiger partial charge in [-0.25, -0.2) is 15.0 Å². The predicted octanol–water partition coefficient (Wildman–Crippen LogP) is 10.5. The van der Waals surface area contributed by atoms with Crippen LogP contribution in [0.2, 0.25) is 0 Å². The molecule has 8 aromatic rings. The van der Waals surface area contributed by atoms with E-state index in [1.54, 1.807) is 0 Å². The fourth-order valence-electron chi connectivity index (χ4n) is 7.13. The van der Waals surface area contributed by atoms with E-state index >= 15 is 0 Å². The van der Waals surface area contributed by atoms with Gasteiger partial charge in [0.1, 0.15) is 24.2 Å². The molecule has 6 aromatic carbocycles. The Kier molecular flexibility index (Phi) is 6.37. The van der Waals surface area contributed by atoms with Crippen molar-refractivity contribution in [2.75, 3.05) is 4.90 Å². The molecule has 1 aliphatic rings. The highest BCUT2D eigenvalue weighted by Crippen LogP contribution is 2.49. The van der Waals surface area contributed by atoms with Gasteiger partial charge in [-0.3, -0.25) is 4.90 Å². The van der Waals surface area contributed by atoms with Gasteiger partial charge >= 0.3 is 0 Å². The quantitative estimate of drug-likeness (QED) is 0.191. The van der Waals surface area contributed by atoms with Crippen molar-refractivity contribution >= 4 is 39.1 Å². The Morgan fingerprint density at radius 1 is 0.562 bits per heavy atom. The van der Waals surface area contributed by atoms with Crippen LogP contribution in [-0.2, 0) is 5.41 Å². The molecule has 0 bridgehead atoms. The van der Waals surface area contributed by atoms with Crippen LogP contribution in [0.1, 0.15) is 25.0 Å². The van der Waals surface area contributed by atoms with E-state index in [9.17, 15) is 0 Å². The third-order valence-electron chi connectivity index (χ3n) is 9.50. The lowest BCUT2D eigenvalue weighted by Crippen LogP contribution is -2.24. The molecule has 48 heavy (non-hydrogen) atoms. The summed E-state index contributed by atoms with van der Waals surface area (Å²) >= 11 is 0. The molecule has 0 unspecified atom stereocenters. The van der Waals surface area contributed by atoms with Gasteiger partial charge < -0.3 is 9.30 Å². The second kappa shape index (κ2) is 10.9. The lowest BCUT2D eigenvalue weighted by molar-refractivity contribution is 0.418. The minimum absolute atomic E-state index is 0.198. The van der Waals surface area contributed by atoms with Crippen LogP contribution >= 0.6 is 0 Å². The molecule has 6 heteroatoms. The molecule has 0 spiro atoms. The molecular formula is C42H31N5O. The van der Waals surface area contributed by atoms with Crippen molar-refractivity contribution in [2.45, 2.75) is 19.3 Å². The summed E-state index contributed by atoms with van der Waals surface area (Å²) in [6, 6.07) is 49.1. The van der Waals surface area contributed by atoms with Crippen LogP contribution in [-0.4, -0.2) is 19.5 Å². The maximum absolute atomic E-state index is 6.47. The van der Waals surface area contributed by atoms with E-state index in [0.29, 0.717) is 5.95 Å². The van der Waals surface area contributed by atoms with E-state index in [4.69, 9.17) is 4.74 Å². The minimum Gasteiger partial charge on any atom is -0.457 e. The van der Waals surface area contributed by atoms with E-state index in [-0.39, 0.29) is 5.41 Å². The molecule has 0 saturated heterocycles. The molecule has 0 amide bonds. The number of fused-ring (bicyclic) bond motifs is 5. The summed E-state index contributed by atoms with van der Waals surface area (Å²) in [6.45, 7) is 4.48. The number of hydrogen-bond donors (Lipinski definition) is 0. The van der Waals surface area contributed by atoms with Crippen molar-refractivity contribution in [1.29, 1.82) is 0 Å². The van der Waals surface area contributed by atoms with E-state index < -0.39 is 0 Å². The average molecular weight is 622 g/mol. The van der Waals surface area contributed by atoms with Gasteiger partial charge in [0.2, 0.25) is 5.95 Å². The summed E-state index contributed by atoms with van der Waals surface area (Å²) in [6.07, 6.45) is 3.05. The van der Waals surface area contributed by atoms with Gasteiger partial charge in [-0.15, -0.1) is 0 Å².